The van der Waals surface area contributed by atoms with E-state index in [1.54, 1.807) is 27.7 Å². The minimum atomic E-state index is -1.23. The second kappa shape index (κ2) is 23.7. The summed E-state index contributed by atoms with van der Waals surface area (Å²) in [6, 6.07) is 0.966. The number of nitrogens with two attached hydrogens (primary N) is 1. The van der Waals surface area contributed by atoms with E-state index < -0.39 is 71.9 Å². The van der Waals surface area contributed by atoms with Gasteiger partial charge >= 0.3 is 11.9 Å². The number of ether oxygens (including phenoxy) is 1. The number of esters is 1. The van der Waals surface area contributed by atoms with Crippen LogP contribution in [0.3, 0.4) is 0 Å². The number of carbonyl (C=O) groups excluding carboxylic acids is 7. The molecule has 1 aromatic rings. The standard InChI is InChI=1S/C37H58N6O10/c1-21(2)29(44)11-9-8-10-12-30(45)42-28(15-16-31(46)47)35(50)43-32(22(3)4)36(51)40-24(7)33(48)41-26-14-13-25(20-53-37(52)23(5)6)27(19-26)34(49)39-18-17-38/h13-14,19,21-24,28,32H,8-12,15-18,20,38H2,1-7H3,(H,39,49)(H,40,51)(H,41,48)(H,42,45)(H,43,50)(H,46,47)/t24-,28-,32-/m0/s1. The Labute approximate surface area is 311 Å². The summed E-state index contributed by atoms with van der Waals surface area (Å²) in [5, 5.41) is 22.2. The van der Waals surface area contributed by atoms with Gasteiger partial charge in [-0.2, -0.15) is 0 Å². The van der Waals surface area contributed by atoms with Gasteiger partial charge in [0.25, 0.3) is 5.91 Å². The lowest BCUT2D eigenvalue weighted by molar-refractivity contribution is -0.148. The molecule has 16 heteroatoms. The Hall–Kier alpha value is -4.86. The first-order valence-corrected chi connectivity index (χ1v) is 18.1. The van der Waals surface area contributed by atoms with Crippen LogP contribution in [0, 0.1) is 17.8 Å². The van der Waals surface area contributed by atoms with Crippen molar-refractivity contribution in [1.29, 1.82) is 0 Å². The van der Waals surface area contributed by atoms with Crippen molar-refractivity contribution in [2.75, 3.05) is 18.4 Å². The summed E-state index contributed by atoms with van der Waals surface area (Å²) in [5.74, 6) is -5.42. The van der Waals surface area contributed by atoms with Crippen LogP contribution in [0.2, 0.25) is 0 Å². The van der Waals surface area contributed by atoms with Gasteiger partial charge in [0.1, 0.15) is 30.5 Å². The van der Waals surface area contributed by atoms with E-state index >= 15 is 0 Å². The van der Waals surface area contributed by atoms with Gasteiger partial charge in [-0.25, -0.2) is 0 Å². The van der Waals surface area contributed by atoms with Gasteiger partial charge in [-0.05, 0) is 44.2 Å². The zero-order valence-electron chi connectivity index (χ0n) is 32.0. The predicted octanol–water partition coefficient (Wildman–Crippen LogP) is 2.18. The van der Waals surface area contributed by atoms with Crippen LogP contribution in [-0.2, 0) is 44.9 Å². The number of ketones is 1. The molecule has 0 aliphatic carbocycles. The number of rotatable bonds is 24. The van der Waals surface area contributed by atoms with Crippen molar-refractivity contribution >= 4 is 52.9 Å². The normalized spacial score (nSPS) is 12.7. The summed E-state index contributed by atoms with van der Waals surface area (Å²) in [5.41, 5.74) is 6.28. The van der Waals surface area contributed by atoms with Crippen LogP contribution in [0.15, 0.2) is 18.2 Å². The monoisotopic (exact) mass is 746 g/mol. The van der Waals surface area contributed by atoms with Crippen molar-refractivity contribution in [1.82, 2.24) is 21.3 Å². The number of nitrogens with one attached hydrogen (secondary N) is 5. The first-order chi connectivity index (χ1) is 24.9. The van der Waals surface area contributed by atoms with Gasteiger partial charge in [-0.15, -0.1) is 0 Å². The summed E-state index contributed by atoms with van der Waals surface area (Å²) < 4.78 is 5.29. The molecule has 8 N–H and O–H groups in total. The number of anilines is 1. The fourth-order valence-electron chi connectivity index (χ4n) is 4.85. The van der Waals surface area contributed by atoms with E-state index in [2.05, 4.69) is 26.6 Å². The maximum absolute atomic E-state index is 13.3. The number of benzene rings is 1. The predicted molar refractivity (Wildman–Crippen MR) is 197 cm³/mol. The molecule has 0 spiro atoms. The SMILES string of the molecule is CC(C)C(=O)CCCCCC(=O)N[C@@H](CCC(=O)O)C(=O)N[C@H](C(=O)N[C@@H](C)C(=O)Nc1ccc(COC(=O)C(C)C)c(C(=O)NCCN)c1)C(C)C. The van der Waals surface area contributed by atoms with E-state index in [1.165, 1.54) is 25.1 Å². The molecule has 5 amide bonds. The van der Waals surface area contributed by atoms with Crippen molar-refractivity contribution in [2.45, 2.75) is 118 Å². The van der Waals surface area contributed by atoms with Crippen molar-refractivity contribution in [3.05, 3.63) is 29.3 Å². The maximum Gasteiger partial charge on any atom is 0.308 e. The van der Waals surface area contributed by atoms with Crippen molar-refractivity contribution < 1.29 is 48.2 Å². The summed E-state index contributed by atoms with van der Waals surface area (Å²) >= 11 is 0. The van der Waals surface area contributed by atoms with E-state index in [1.807, 2.05) is 13.8 Å². The summed E-state index contributed by atoms with van der Waals surface area (Å²) in [7, 11) is 0. The molecule has 0 aliphatic heterocycles. The first-order valence-electron chi connectivity index (χ1n) is 18.1. The lowest BCUT2D eigenvalue weighted by Gasteiger charge is -2.26. The zero-order valence-corrected chi connectivity index (χ0v) is 32.0. The van der Waals surface area contributed by atoms with Crippen LogP contribution in [-0.4, -0.2) is 83.6 Å². The highest BCUT2D eigenvalue weighted by Gasteiger charge is 2.31. The van der Waals surface area contributed by atoms with Crippen molar-refractivity contribution in [3.63, 3.8) is 0 Å². The van der Waals surface area contributed by atoms with Gasteiger partial charge in [0.15, 0.2) is 0 Å². The van der Waals surface area contributed by atoms with Gasteiger partial charge < -0.3 is 42.2 Å². The molecule has 0 aliphatic rings. The molecule has 0 saturated carbocycles. The van der Waals surface area contributed by atoms with Crippen LogP contribution in [0.25, 0.3) is 0 Å². The Kier molecular flexibility index (Phi) is 20.6. The number of Topliss-reactive ketones (excluding diaryl/α,β-unsaturated/α-hetero) is 1. The second-order valence-corrected chi connectivity index (χ2v) is 13.9. The number of carbonyl (C=O) groups is 8. The molecule has 0 aromatic heterocycles. The average Bonchev–Trinajstić information content (AvgIpc) is 3.09. The smallest absolute Gasteiger partial charge is 0.308 e. The van der Waals surface area contributed by atoms with Crippen molar-refractivity contribution in [2.24, 2.45) is 23.5 Å². The average molecular weight is 747 g/mol. The lowest BCUT2D eigenvalue weighted by atomic mass is 10.0. The molecule has 16 nitrogen and oxygen atoms in total. The van der Waals surface area contributed by atoms with E-state index in [0.717, 1.165) is 0 Å². The Bertz CT molecular complexity index is 1440. The maximum atomic E-state index is 13.3. The number of carboxylic acids is 1. The molecule has 296 valence electrons. The van der Waals surface area contributed by atoms with E-state index in [9.17, 15) is 43.5 Å². The molecule has 53 heavy (non-hydrogen) atoms. The quantitative estimate of drug-likeness (QED) is 0.0596. The molecule has 0 unspecified atom stereocenters. The van der Waals surface area contributed by atoms with Crippen LogP contribution < -0.4 is 32.3 Å². The van der Waals surface area contributed by atoms with Gasteiger partial charge in [-0.3, -0.25) is 38.4 Å². The number of aliphatic carboxylic acids is 1. The molecule has 0 bridgehead atoms. The number of hydrogen-bond donors (Lipinski definition) is 7. The Morgan fingerprint density at radius 1 is 0.774 bits per heavy atom. The zero-order chi connectivity index (χ0) is 40.2. The highest BCUT2D eigenvalue weighted by Crippen LogP contribution is 2.19. The first kappa shape index (κ1) is 46.2. The second-order valence-electron chi connectivity index (χ2n) is 13.9. The van der Waals surface area contributed by atoms with Crippen LogP contribution >= 0.6 is 0 Å². The van der Waals surface area contributed by atoms with Gasteiger partial charge in [0, 0.05) is 55.1 Å². The fraction of sp³-hybridized carbons (Fsp3) is 0.622. The third-order valence-corrected chi connectivity index (χ3v) is 8.16. The van der Waals surface area contributed by atoms with Crippen LogP contribution in [0.4, 0.5) is 5.69 Å². The van der Waals surface area contributed by atoms with Crippen LogP contribution in [0.5, 0.6) is 0 Å². The summed E-state index contributed by atoms with van der Waals surface area (Å²) in [6.45, 7) is 12.0. The van der Waals surface area contributed by atoms with E-state index in [0.29, 0.717) is 31.2 Å². The molecule has 0 fully saturated rings. The third-order valence-electron chi connectivity index (χ3n) is 8.16. The topological polar surface area (TPSA) is 252 Å². The number of carboxylic acid groups (broad SMARTS) is 1. The highest BCUT2D eigenvalue weighted by atomic mass is 16.5. The Morgan fingerprint density at radius 2 is 1.43 bits per heavy atom. The summed E-state index contributed by atoms with van der Waals surface area (Å²) in [6.07, 6.45) is 1.60. The molecule has 1 rings (SSSR count). The van der Waals surface area contributed by atoms with Gasteiger partial charge in [0.05, 0.1) is 5.92 Å². The number of unbranched alkanes of at least 4 members (excludes halogenated alkanes) is 2. The molecule has 0 heterocycles. The summed E-state index contributed by atoms with van der Waals surface area (Å²) in [4.78, 5) is 100. The molecular weight excluding hydrogens is 688 g/mol. The van der Waals surface area contributed by atoms with Gasteiger partial charge in [0.2, 0.25) is 23.6 Å². The Morgan fingerprint density at radius 3 is 2.02 bits per heavy atom. The van der Waals surface area contributed by atoms with E-state index in [-0.39, 0.29) is 61.4 Å². The minimum absolute atomic E-state index is 0.0563. The highest BCUT2D eigenvalue weighted by molar-refractivity contribution is 6.01. The van der Waals surface area contributed by atoms with Gasteiger partial charge in [-0.1, -0.05) is 54.0 Å². The third kappa shape index (κ3) is 17.5. The number of amides is 5. The minimum Gasteiger partial charge on any atom is -0.481 e. The Balaban J connectivity index is 2.97. The molecule has 0 saturated heterocycles. The molecular formula is C37H58N6O10. The largest absolute Gasteiger partial charge is 0.481 e. The fourth-order valence-corrected chi connectivity index (χ4v) is 4.85. The van der Waals surface area contributed by atoms with Crippen molar-refractivity contribution in [3.8, 4) is 0 Å². The van der Waals surface area contributed by atoms with Crippen LogP contribution in [0.1, 0.15) is 109 Å². The number of hydrogen-bond acceptors (Lipinski definition) is 10. The van der Waals surface area contributed by atoms with E-state index in [4.69, 9.17) is 10.5 Å². The molecule has 3 atom stereocenters. The molecule has 1 aromatic carbocycles. The molecule has 0 radical (unpaired) electrons. The lowest BCUT2D eigenvalue weighted by Crippen LogP contribution is -2.57.